The van der Waals surface area contributed by atoms with Crippen LogP contribution in [0.15, 0.2) is 60.0 Å². The third-order valence-corrected chi connectivity index (χ3v) is 5.42. The number of benzene rings is 1. The van der Waals surface area contributed by atoms with Gasteiger partial charge >= 0.3 is 0 Å². The molecule has 4 rings (SSSR count). The second kappa shape index (κ2) is 7.81. The van der Waals surface area contributed by atoms with Crippen LogP contribution in [0.1, 0.15) is 11.6 Å². The highest BCUT2D eigenvalue weighted by atomic mass is 32.2. The Labute approximate surface area is 161 Å². The van der Waals surface area contributed by atoms with E-state index in [2.05, 4.69) is 20.3 Å². The second-order valence-electron chi connectivity index (χ2n) is 6.14. The summed E-state index contributed by atoms with van der Waals surface area (Å²) >= 11 is 1.54. The van der Waals surface area contributed by atoms with Gasteiger partial charge in [0.25, 0.3) is 5.91 Å². The Hall–Kier alpha value is -2.84. The maximum Gasteiger partial charge on any atom is 0.259 e. The summed E-state index contributed by atoms with van der Waals surface area (Å²) in [4.78, 5) is 27.2. The molecular formula is C19H20N6OS. The van der Waals surface area contributed by atoms with Gasteiger partial charge in [0.2, 0.25) is 0 Å². The molecule has 3 aromatic rings. The van der Waals surface area contributed by atoms with Crippen molar-refractivity contribution < 1.29 is 4.79 Å². The van der Waals surface area contributed by atoms with E-state index in [1.807, 2.05) is 53.7 Å². The highest BCUT2D eigenvalue weighted by Crippen LogP contribution is 2.29. The van der Waals surface area contributed by atoms with Gasteiger partial charge in [-0.3, -0.25) is 4.79 Å². The van der Waals surface area contributed by atoms with Gasteiger partial charge < -0.3 is 20.9 Å². The van der Waals surface area contributed by atoms with Crippen molar-refractivity contribution in [1.29, 1.82) is 0 Å². The largest absolute Gasteiger partial charge is 0.346 e. The predicted octanol–water partition coefficient (Wildman–Crippen LogP) is 2.17. The fourth-order valence-corrected chi connectivity index (χ4v) is 3.97. The van der Waals surface area contributed by atoms with Crippen LogP contribution in [-0.4, -0.2) is 39.7 Å². The number of nitrogens with one attached hydrogen (secondary N) is 2. The normalized spacial score (nSPS) is 15.4. The average Bonchev–Trinajstić information content (AvgIpc) is 3.21. The molecule has 3 heterocycles. The molecule has 0 saturated heterocycles. The zero-order chi connectivity index (χ0) is 18.6. The summed E-state index contributed by atoms with van der Waals surface area (Å²) < 4.78 is 0. The SMILES string of the molecule is NC[C@H](NC(=O)C1=CN(c2ncnc3[nH]ccc23)CCS1)c1ccccc1. The van der Waals surface area contributed by atoms with Gasteiger partial charge in [-0.1, -0.05) is 30.3 Å². The fraction of sp³-hybridized carbons (Fsp3) is 0.211. The Bertz CT molecular complexity index is 971. The minimum atomic E-state index is -0.217. The van der Waals surface area contributed by atoms with E-state index in [1.165, 1.54) is 6.33 Å². The minimum absolute atomic E-state index is 0.122. The number of thioether (sulfide) groups is 1. The number of carbonyl (C=O) groups excluding carboxylic acids is 1. The van der Waals surface area contributed by atoms with Crippen molar-refractivity contribution in [3.8, 4) is 0 Å². The lowest BCUT2D eigenvalue weighted by Crippen LogP contribution is -2.36. The summed E-state index contributed by atoms with van der Waals surface area (Å²) in [6, 6.07) is 11.5. The summed E-state index contributed by atoms with van der Waals surface area (Å²) in [5.41, 5.74) is 7.66. The molecule has 4 N–H and O–H groups in total. The lowest BCUT2D eigenvalue weighted by Gasteiger charge is -2.26. The minimum Gasteiger partial charge on any atom is -0.346 e. The quantitative estimate of drug-likeness (QED) is 0.627. The van der Waals surface area contributed by atoms with Crippen molar-refractivity contribution in [3.05, 3.63) is 65.6 Å². The zero-order valence-electron chi connectivity index (χ0n) is 14.6. The summed E-state index contributed by atoms with van der Waals surface area (Å²) in [5.74, 6) is 1.47. The number of hydrogen-bond donors (Lipinski definition) is 3. The van der Waals surface area contributed by atoms with E-state index in [4.69, 9.17) is 5.73 Å². The molecule has 0 bridgehead atoms. The van der Waals surface area contributed by atoms with Gasteiger partial charge in [0, 0.05) is 31.2 Å². The average molecular weight is 380 g/mol. The van der Waals surface area contributed by atoms with Crippen LogP contribution < -0.4 is 16.0 Å². The Balaban J connectivity index is 1.56. The van der Waals surface area contributed by atoms with Crippen molar-refractivity contribution in [3.63, 3.8) is 0 Å². The van der Waals surface area contributed by atoms with Gasteiger partial charge in [0.15, 0.2) is 0 Å². The zero-order valence-corrected chi connectivity index (χ0v) is 15.4. The first-order chi connectivity index (χ1) is 13.3. The lowest BCUT2D eigenvalue weighted by molar-refractivity contribution is -0.117. The molecule has 0 saturated carbocycles. The molecule has 0 fully saturated rings. The van der Waals surface area contributed by atoms with E-state index in [0.29, 0.717) is 11.4 Å². The van der Waals surface area contributed by atoms with Gasteiger partial charge in [0.05, 0.1) is 16.3 Å². The van der Waals surface area contributed by atoms with Crippen LogP contribution in [-0.2, 0) is 4.79 Å². The maximum atomic E-state index is 12.8. The molecule has 1 aliphatic rings. The van der Waals surface area contributed by atoms with Crippen molar-refractivity contribution in [2.45, 2.75) is 6.04 Å². The standard InChI is InChI=1S/C19H20N6OS/c20-10-15(13-4-2-1-3-5-13)24-19(26)16-11-25(8-9-27-16)18-14-6-7-21-17(14)22-12-23-18/h1-7,11-12,15H,8-10,20H2,(H,24,26)(H,21,22,23)/t15-/m0/s1. The van der Waals surface area contributed by atoms with Crippen LogP contribution in [0.5, 0.6) is 0 Å². The van der Waals surface area contributed by atoms with Crippen molar-refractivity contribution in [2.75, 3.05) is 23.7 Å². The van der Waals surface area contributed by atoms with Crippen LogP contribution in [0, 0.1) is 0 Å². The number of nitrogens with two attached hydrogens (primary N) is 1. The van der Waals surface area contributed by atoms with Gasteiger partial charge in [-0.2, -0.15) is 0 Å². The molecule has 138 valence electrons. The molecule has 0 unspecified atom stereocenters. The molecule has 27 heavy (non-hydrogen) atoms. The molecule has 2 aromatic heterocycles. The molecule has 8 heteroatoms. The number of nitrogens with zero attached hydrogens (tertiary/aromatic N) is 3. The van der Waals surface area contributed by atoms with E-state index in [9.17, 15) is 4.79 Å². The van der Waals surface area contributed by atoms with Crippen molar-refractivity contribution in [1.82, 2.24) is 20.3 Å². The first-order valence-electron chi connectivity index (χ1n) is 8.71. The highest BCUT2D eigenvalue weighted by Gasteiger charge is 2.22. The van der Waals surface area contributed by atoms with Gasteiger partial charge in [-0.15, -0.1) is 11.8 Å². The number of aromatic nitrogens is 3. The van der Waals surface area contributed by atoms with E-state index in [1.54, 1.807) is 11.8 Å². The number of fused-ring (bicyclic) bond motifs is 1. The molecule has 0 spiro atoms. The number of H-pyrrole nitrogens is 1. The smallest absolute Gasteiger partial charge is 0.259 e. The molecule has 1 aliphatic heterocycles. The topological polar surface area (TPSA) is 99.9 Å². The van der Waals surface area contributed by atoms with E-state index < -0.39 is 0 Å². The summed E-state index contributed by atoms with van der Waals surface area (Å²) in [6.45, 7) is 1.12. The highest BCUT2D eigenvalue weighted by molar-refractivity contribution is 8.04. The summed E-state index contributed by atoms with van der Waals surface area (Å²) in [6.07, 6.45) is 5.23. The molecule has 1 amide bonds. The lowest BCUT2D eigenvalue weighted by atomic mass is 10.1. The number of hydrogen-bond acceptors (Lipinski definition) is 6. The Kier molecular flexibility index (Phi) is 5.08. The summed E-state index contributed by atoms with van der Waals surface area (Å²) in [5, 5.41) is 3.97. The molecule has 0 aliphatic carbocycles. The van der Waals surface area contributed by atoms with Gasteiger partial charge in [-0.05, 0) is 11.6 Å². The predicted molar refractivity (Wildman–Crippen MR) is 108 cm³/mol. The van der Waals surface area contributed by atoms with Crippen LogP contribution in [0.3, 0.4) is 0 Å². The molecular weight excluding hydrogens is 360 g/mol. The third kappa shape index (κ3) is 3.67. The Morgan fingerprint density at radius 3 is 2.96 bits per heavy atom. The van der Waals surface area contributed by atoms with Gasteiger partial charge in [-0.25, -0.2) is 9.97 Å². The van der Waals surface area contributed by atoms with E-state index in [0.717, 1.165) is 34.7 Å². The maximum absolute atomic E-state index is 12.8. The van der Waals surface area contributed by atoms with Crippen LogP contribution >= 0.6 is 11.8 Å². The number of aromatic amines is 1. The second-order valence-corrected chi connectivity index (χ2v) is 7.28. The van der Waals surface area contributed by atoms with E-state index >= 15 is 0 Å². The molecule has 1 atom stereocenters. The van der Waals surface area contributed by atoms with Gasteiger partial charge in [0.1, 0.15) is 17.8 Å². The van der Waals surface area contributed by atoms with Crippen LogP contribution in [0.4, 0.5) is 5.82 Å². The van der Waals surface area contributed by atoms with Crippen LogP contribution in [0.2, 0.25) is 0 Å². The molecule has 7 nitrogen and oxygen atoms in total. The monoisotopic (exact) mass is 380 g/mol. The number of anilines is 1. The number of amides is 1. The van der Waals surface area contributed by atoms with Crippen molar-refractivity contribution >= 4 is 34.5 Å². The Morgan fingerprint density at radius 1 is 1.30 bits per heavy atom. The van der Waals surface area contributed by atoms with Crippen molar-refractivity contribution in [2.24, 2.45) is 5.73 Å². The fourth-order valence-electron chi connectivity index (χ4n) is 3.07. The van der Waals surface area contributed by atoms with Crippen LogP contribution in [0.25, 0.3) is 11.0 Å². The number of carbonyl (C=O) groups is 1. The summed E-state index contributed by atoms with van der Waals surface area (Å²) in [7, 11) is 0. The molecule has 1 aromatic carbocycles. The third-order valence-electron chi connectivity index (χ3n) is 4.43. The molecule has 0 radical (unpaired) electrons. The first kappa shape index (κ1) is 17.6. The number of rotatable bonds is 5. The first-order valence-corrected chi connectivity index (χ1v) is 9.70. The Morgan fingerprint density at radius 2 is 2.15 bits per heavy atom. The van der Waals surface area contributed by atoms with E-state index in [-0.39, 0.29) is 11.9 Å².